The number of halogens is 4. The van der Waals surface area contributed by atoms with Gasteiger partial charge in [-0.1, -0.05) is 30.3 Å². The summed E-state index contributed by atoms with van der Waals surface area (Å²) in [4.78, 5) is 23.4. The zero-order chi connectivity index (χ0) is 25.6. The minimum absolute atomic E-state index is 0.0120. The predicted octanol–water partition coefficient (Wildman–Crippen LogP) is 3.37. The molecule has 0 unspecified atom stereocenters. The fraction of sp³-hybridized carbons (Fsp3) is 0.417. The minimum atomic E-state index is -5.08. The summed E-state index contributed by atoms with van der Waals surface area (Å²) >= 11 is 0. The van der Waals surface area contributed by atoms with E-state index in [2.05, 4.69) is 28.4 Å². The maximum absolute atomic E-state index is 13.3. The number of carboxylic acids is 1. The van der Waals surface area contributed by atoms with Crippen LogP contribution < -0.4 is 10.1 Å². The molecular formula is C24H26F4N2O5. The Kier molecular flexibility index (Phi) is 8.68. The van der Waals surface area contributed by atoms with Crippen molar-refractivity contribution < 1.29 is 41.7 Å². The van der Waals surface area contributed by atoms with Crippen molar-refractivity contribution in [3.8, 4) is 5.75 Å². The summed E-state index contributed by atoms with van der Waals surface area (Å²) in [6.45, 7) is 3.17. The highest BCUT2D eigenvalue weighted by Crippen LogP contribution is 2.49. The van der Waals surface area contributed by atoms with Crippen LogP contribution in [0.15, 0.2) is 48.5 Å². The van der Waals surface area contributed by atoms with Gasteiger partial charge in [-0.05, 0) is 23.3 Å². The molecule has 7 nitrogen and oxygen atoms in total. The highest BCUT2D eigenvalue weighted by Gasteiger charge is 2.46. The lowest BCUT2D eigenvalue weighted by molar-refractivity contribution is -0.192. The smallest absolute Gasteiger partial charge is 0.490 e. The van der Waals surface area contributed by atoms with Gasteiger partial charge in [-0.15, -0.1) is 0 Å². The molecule has 1 fully saturated rings. The summed E-state index contributed by atoms with van der Waals surface area (Å²) in [5.41, 5.74) is 2.54. The number of nitrogens with zero attached hydrogens (tertiary/aromatic N) is 1. The van der Waals surface area contributed by atoms with Gasteiger partial charge in [0.2, 0.25) is 5.91 Å². The van der Waals surface area contributed by atoms with Crippen LogP contribution in [0.4, 0.5) is 17.6 Å². The number of carboxylic acid groups (broad SMARTS) is 1. The van der Waals surface area contributed by atoms with Crippen LogP contribution >= 0.6 is 0 Å². The largest absolute Gasteiger partial charge is 0.492 e. The summed E-state index contributed by atoms with van der Waals surface area (Å²) in [5.74, 6) is -1.84. The summed E-state index contributed by atoms with van der Waals surface area (Å²) in [5, 5.41) is 10.3. The van der Waals surface area contributed by atoms with Gasteiger partial charge in [0.1, 0.15) is 24.8 Å². The molecule has 1 amide bonds. The first kappa shape index (κ1) is 26.4. The Hall–Kier alpha value is -3.18. The van der Waals surface area contributed by atoms with Crippen molar-refractivity contribution in [2.75, 3.05) is 40.0 Å². The van der Waals surface area contributed by atoms with Gasteiger partial charge < -0.3 is 19.9 Å². The van der Waals surface area contributed by atoms with Gasteiger partial charge in [-0.2, -0.15) is 13.2 Å². The normalized spacial score (nSPS) is 20.9. The topological polar surface area (TPSA) is 88.1 Å². The molecule has 2 N–H and O–H groups in total. The fourth-order valence-corrected chi connectivity index (χ4v) is 4.51. The molecule has 2 aromatic rings. The third kappa shape index (κ3) is 6.92. The Morgan fingerprint density at radius 1 is 1.11 bits per heavy atom. The van der Waals surface area contributed by atoms with E-state index in [0.717, 1.165) is 19.6 Å². The first-order chi connectivity index (χ1) is 16.6. The van der Waals surface area contributed by atoms with Crippen LogP contribution in [0.3, 0.4) is 0 Å². The lowest BCUT2D eigenvalue weighted by Crippen LogP contribution is -2.36. The molecule has 4 rings (SSSR count). The summed E-state index contributed by atoms with van der Waals surface area (Å²) in [6.07, 6.45) is -5.08. The third-order valence-corrected chi connectivity index (χ3v) is 5.91. The Balaban J connectivity index is 0.000000429. The zero-order valence-corrected chi connectivity index (χ0v) is 18.9. The molecule has 0 saturated carbocycles. The average Bonchev–Trinajstić information content (AvgIpc) is 3.32. The van der Waals surface area contributed by atoms with Crippen LogP contribution in [0.1, 0.15) is 23.1 Å². The van der Waals surface area contributed by atoms with Gasteiger partial charge in [0, 0.05) is 44.6 Å². The van der Waals surface area contributed by atoms with E-state index in [1.807, 2.05) is 6.07 Å². The molecule has 1 heterocycles. The fourth-order valence-electron chi connectivity index (χ4n) is 4.51. The van der Waals surface area contributed by atoms with E-state index in [-0.39, 0.29) is 24.4 Å². The third-order valence-electron chi connectivity index (χ3n) is 5.91. The Bertz CT molecular complexity index is 1030. The number of benzene rings is 2. The maximum atomic E-state index is 13.3. The number of likely N-dealkylation sites (tertiary alicyclic amines) is 1. The number of nitrogens with one attached hydrogen (secondary N) is 1. The first-order valence-corrected chi connectivity index (χ1v) is 10.9. The second-order valence-electron chi connectivity index (χ2n) is 8.25. The zero-order valence-electron chi connectivity index (χ0n) is 18.9. The summed E-state index contributed by atoms with van der Waals surface area (Å²) in [6, 6.07) is 14.6. The molecule has 190 valence electrons. The van der Waals surface area contributed by atoms with Crippen LogP contribution in [0.5, 0.6) is 5.75 Å². The number of hydrogen-bond donors (Lipinski definition) is 2. The number of aliphatic carboxylic acids is 1. The summed E-state index contributed by atoms with van der Waals surface area (Å²) < 4.78 is 55.7. The quantitative estimate of drug-likeness (QED) is 0.570. The number of amides is 1. The van der Waals surface area contributed by atoms with Crippen molar-refractivity contribution in [1.29, 1.82) is 0 Å². The van der Waals surface area contributed by atoms with Crippen LogP contribution in [0.2, 0.25) is 0 Å². The SMILES string of the molecule is COCC(=O)N[C@@H]1c2ccccc2[C@@H]2CN(CCOc3cccc(F)c3)C[C@H]12.O=C(O)C(F)(F)F. The first-order valence-electron chi connectivity index (χ1n) is 10.9. The molecule has 0 radical (unpaired) electrons. The molecule has 1 aliphatic heterocycles. The van der Waals surface area contributed by atoms with Gasteiger partial charge in [-0.25, -0.2) is 9.18 Å². The molecule has 3 atom stereocenters. The molecule has 2 aromatic carbocycles. The van der Waals surface area contributed by atoms with E-state index in [4.69, 9.17) is 19.4 Å². The Labute approximate surface area is 199 Å². The van der Waals surface area contributed by atoms with Crippen LogP contribution in [-0.2, 0) is 14.3 Å². The monoisotopic (exact) mass is 498 g/mol. The van der Waals surface area contributed by atoms with E-state index in [0.29, 0.717) is 24.2 Å². The number of fused-ring (bicyclic) bond motifs is 3. The van der Waals surface area contributed by atoms with Crippen LogP contribution in [0, 0.1) is 11.7 Å². The molecular weight excluding hydrogens is 472 g/mol. The highest BCUT2D eigenvalue weighted by atomic mass is 19.4. The molecule has 0 aromatic heterocycles. The van der Waals surface area contributed by atoms with Crippen molar-refractivity contribution in [3.63, 3.8) is 0 Å². The second kappa shape index (κ2) is 11.5. The molecule has 11 heteroatoms. The van der Waals surface area contributed by atoms with Crippen molar-refractivity contribution >= 4 is 11.9 Å². The molecule has 1 saturated heterocycles. The Morgan fingerprint density at radius 2 is 1.80 bits per heavy atom. The standard InChI is InChI=1S/C22H25FN2O3.C2HF3O2/c1-27-14-21(26)24-22-18-8-3-2-7-17(18)19-12-25(13-20(19)22)9-10-28-16-6-4-5-15(23)11-16;3-2(4,5)1(6)7/h2-8,11,19-20,22H,9-10,12-14H2,1H3,(H,24,26);(H,6,7)/t19-,20-,22+;/m0./s1. The minimum Gasteiger partial charge on any atom is -0.492 e. The number of carbonyl (C=O) groups is 2. The molecule has 1 aliphatic carbocycles. The molecule has 0 bridgehead atoms. The van der Waals surface area contributed by atoms with E-state index in [1.54, 1.807) is 12.1 Å². The number of carbonyl (C=O) groups excluding carboxylic acids is 1. The van der Waals surface area contributed by atoms with Crippen LogP contribution in [0.25, 0.3) is 0 Å². The van der Waals surface area contributed by atoms with Crippen molar-refractivity contribution in [1.82, 2.24) is 10.2 Å². The molecule has 0 spiro atoms. The van der Waals surface area contributed by atoms with Crippen LogP contribution in [-0.4, -0.2) is 68.0 Å². The van der Waals surface area contributed by atoms with Gasteiger partial charge in [0.25, 0.3) is 0 Å². The van der Waals surface area contributed by atoms with E-state index in [1.165, 1.54) is 30.4 Å². The number of methoxy groups -OCH3 is 1. The van der Waals surface area contributed by atoms with Crippen molar-refractivity contribution in [3.05, 3.63) is 65.5 Å². The van der Waals surface area contributed by atoms with E-state index in [9.17, 15) is 22.4 Å². The van der Waals surface area contributed by atoms with Gasteiger partial charge in [0.05, 0.1) is 6.04 Å². The average molecular weight is 498 g/mol. The van der Waals surface area contributed by atoms with Crippen molar-refractivity contribution in [2.24, 2.45) is 5.92 Å². The van der Waals surface area contributed by atoms with E-state index >= 15 is 0 Å². The number of hydrogen-bond acceptors (Lipinski definition) is 5. The van der Waals surface area contributed by atoms with Gasteiger partial charge in [-0.3, -0.25) is 9.69 Å². The lowest BCUT2D eigenvalue weighted by Gasteiger charge is -2.23. The molecule has 35 heavy (non-hydrogen) atoms. The number of alkyl halides is 3. The number of ether oxygens (including phenoxy) is 2. The molecule has 2 aliphatic rings. The van der Waals surface area contributed by atoms with Gasteiger partial charge >= 0.3 is 12.1 Å². The highest BCUT2D eigenvalue weighted by molar-refractivity contribution is 5.78. The second-order valence-corrected chi connectivity index (χ2v) is 8.25. The lowest BCUT2D eigenvalue weighted by atomic mass is 9.94. The number of rotatable bonds is 7. The van der Waals surface area contributed by atoms with Gasteiger partial charge in [0.15, 0.2) is 0 Å². The Morgan fingerprint density at radius 3 is 2.43 bits per heavy atom. The van der Waals surface area contributed by atoms with Crippen molar-refractivity contribution in [2.45, 2.75) is 18.1 Å². The van der Waals surface area contributed by atoms with E-state index < -0.39 is 12.1 Å². The summed E-state index contributed by atoms with van der Waals surface area (Å²) in [7, 11) is 1.53. The maximum Gasteiger partial charge on any atom is 0.490 e. The predicted molar refractivity (Wildman–Crippen MR) is 117 cm³/mol.